The van der Waals surface area contributed by atoms with E-state index >= 15 is 0 Å². The van der Waals surface area contributed by atoms with Gasteiger partial charge in [-0.3, -0.25) is 0 Å². The summed E-state index contributed by atoms with van der Waals surface area (Å²) in [6.07, 6.45) is 1.00. The van der Waals surface area contributed by atoms with Crippen molar-refractivity contribution >= 4 is 11.6 Å². The topological polar surface area (TPSA) is 9.23 Å². The molecule has 0 spiro atoms. The second kappa shape index (κ2) is 5.26. The van der Waals surface area contributed by atoms with Crippen LogP contribution in [0.25, 0.3) is 0 Å². The van der Waals surface area contributed by atoms with Crippen LogP contribution < -0.4 is 4.74 Å². The van der Waals surface area contributed by atoms with Crippen LogP contribution in [0.2, 0.25) is 5.02 Å². The van der Waals surface area contributed by atoms with Gasteiger partial charge < -0.3 is 4.74 Å². The molecule has 0 amide bonds. The van der Waals surface area contributed by atoms with E-state index in [4.69, 9.17) is 16.3 Å². The highest BCUT2D eigenvalue weighted by molar-refractivity contribution is 6.32. The van der Waals surface area contributed by atoms with Gasteiger partial charge in [-0.15, -0.1) is 0 Å². The minimum atomic E-state index is 0.525. The fraction of sp³-hybridized carbons (Fsp3) is 0.500. The molecule has 0 heterocycles. The van der Waals surface area contributed by atoms with Crippen LogP contribution in [0, 0.1) is 5.92 Å². The van der Waals surface area contributed by atoms with Gasteiger partial charge in [0.1, 0.15) is 5.75 Å². The molecule has 0 aliphatic heterocycles. The SMILES string of the molecule is CCc1ccc(OCC(C)C)c(Cl)c1. The van der Waals surface area contributed by atoms with Gasteiger partial charge in [-0.25, -0.2) is 0 Å². The first-order valence-electron chi connectivity index (χ1n) is 5.04. The van der Waals surface area contributed by atoms with Gasteiger partial charge in [0.25, 0.3) is 0 Å². The lowest BCUT2D eigenvalue weighted by molar-refractivity contribution is 0.271. The van der Waals surface area contributed by atoms with Crippen molar-refractivity contribution in [3.05, 3.63) is 28.8 Å². The zero-order chi connectivity index (χ0) is 10.6. The van der Waals surface area contributed by atoms with Crippen LogP contribution in [0.1, 0.15) is 26.3 Å². The second-order valence-corrected chi connectivity index (χ2v) is 4.23. The zero-order valence-corrected chi connectivity index (χ0v) is 9.77. The molecule has 0 unspecified atom stereocenters. The molecule has 2 heteroatoms. The molecule has 0 bridgehead atoms. The highest BCUT2D eigenvalue weighted by Gasteiger charge is 2.03. The van der Waals surface area contributed by atoms with Crippen LogP contribution in [0.15, 0.2) is 18.2 Å². The second-order valence-electron chi connectivity index (χ2n) is 3.82. The van der Waals surface area contributed by atoms with E-state index in [9.17, 15) is 0 Å². The first-order chi connectivity index (χ1) is 6.63. The van der Waals surface area contributed by atoms with E-state index in [1.54, 1.807) is 0 Å². The fourth-order valence-electron chi connectivity index (χ4n) is 1.14. The maximum Gasteiger partial charge on any atom is 0.137 e. The Morgan fingerprint density at radius 3 is 2.57 bits per heavy atom. The van der Waals surface area contributed by atoms with E-state index in [1.165, 1.54) is 5.56 Å². The molecule has 0 N–H and O–H groups in total. The van der Waals surface area contributed by atoms with Gasteiger partial charge in [-0.1, -0.05) is 38.4 Å². The number of benzene rings is 1. The van der Waals surface area contributed by atoms with Gasteiger partial charge in [0.2, 0.25) is 0 Å². The van der Waals surface area contributed by atoms with Crippen LogP contribution in [-0.4, -0.2) is 6.61 Å². The van der Waals surface area contributed by atoms with Crippen molar-refractivity contribution in [1.82, 2.24) is 0 Å². The van der Waals surface area contributed by atoms with Crippen molar-refractivity contribution in [3.8, 4) is 5.75 Å². The molecule has 0 aliphatic carbocycles. The van der Waals surface area contributed by atoms with Gasteiger partial charge >= 0.3 is 0 Å². The van der Waals surface area contributed by atoms with Crippen molar-refractivity contribution < 1.29 is 4.74 Å². The molecule has 0 saturated carbocycles. The van der Waals surface area contributed by atoms with E-state index < -0.39 is 0 Å². The predicted octanol–water partition coefficient (Wildman–Crippen LogP) is 3.94. The summed E-state index contributed by atoms with van der Waals surface area (Å²) in [5.74, 6) is 1.31. The summed E-state index contributed by atoms with van der Waals surface area (Å²) >= 11 is 6.07. The normalized spacial score (nSPS) is 10.6. The molecular formula is C12H17ClO. The lowest BCUT2D eigenvalue weighted by Gasteiger charge is -2.10. The standard InChI is InChI=1S/C12H17ClO/c1-4-10-5-6-12(11(13)7-10)14-8-9(2)3/h5-7,9H,4,8H2,1-3H3. The number of halogens is 1. The fourth-order valence-corrected chi connectivity index (χ4v) is 1.40. The number of rotatable bonds is 4. The summed E-state index contributed by atoms with van der Waals surface area (Å²) in [5.41, 5.74) is 1.24. The zero-order valence-electron chi connectivity index (χ0n) is 9.01. The minimum Gasteiger partial charge on any atom is -0.492 e. The molecule has 0 aliphatic rings. The molecule has 78 valence electrons. The van der Waals surface area contributed by atoms with Crippen LogP contribution in [0.3, 0.4) is 0 Å². The number of hydrogen-bond acceptors (Lipinski definition) is 1. The molecule has 1 nitrogen and oxygen atoms in total. The Hall–Kier alpha value is -0.690. The Bertz CT molecular complexity index is 294. The van der Waals surface area contributed by atoms with Crippen LogP contribution in [0.4, 0.5) is 0 Å². The molecular weight excluding hydrogens is 196 g/mol. The summed E-state index contributed by atoms with van der Waals surface area (Å²) in [4.78, 5) is 0. The average molecular weight is 213 g/mol. The van der Waals surface area contributed by atoms with Crippen molar-refractivity contribution in [1.29, 1.82) is 0 Å². The predicted molar refractivity (Wildman–Crippen MR) is 61.2 cm³/mol. The Labute approximate surface area is 91.0 Å². The summed E-state index contributed by atoms with van der Waals surface area (Å²) in [6, 6.07) is 5.97. The maximum absolute atomic E-state index is 6.07. The maximum atomic E-state index is 6.07. The number of aryl methyl sites for hydroxylation is 1. The lowest BCUT2D eigenvalue weighted by Crippen LogP contribution is -2.04. The number of ether oxygens (including phenoxy) is 1. The van der Waals surface area contributed by atoms with E-state index in [0.717, 1.165) is 12.2 Å². The molecule has 0 saturated heterocycles. The molecule has 0 aromatic heterocycles. The highest BCUT2D eigenvalue weighted by Crippen LogP contribution is 2.25. The summed E-state index contributed by atoms with van der Waals surface area (Å²) in [5, 5.41) is 0.713. The van der Waals surface area contributed by atoms with Crippen molar-refractivity contribution in [2.75, 3.05) is 6.61 Å². The largest absolute Gasteiger partial charge is 0.492 e. The summed E-state index contributed by atoms with van der Waals surface area (Å²) in [6.45, 7) is 7.06. The molecule has 0 atom stereocenters. The molecule has 0 fully saturated rings. The van der Waals surface area contributed by atoms with E-state index in [2.05, 4.69) is 26.8 Å². The van der Waals surface area contributed by atoms with Crippen molar-refractivity contribution in [2.45, 2.75) is 27.2 Å². The molecule has 14 heavy (non-hydrogen) atoms. The smallest absolute Gasteiger partial charge is 0.137 e. The van der Waals surface area contributed by atoms with Crippen LogP contribution in [-0.2, 0) is 6.42 Å². The van der Waals surface area contributed by atoms with Crippen molar-refractivity contribution in [2.24, 2.45) is 5.92 Å². The first kappa shape index (κ1) is 11.4. The minimum absolute atomic E-state index is 0.525. The third kappa shape index (κ3) is 3.22. The van der Waals surface area contributed by atoms with Crippen molar-refractivity contribution in [3.63, 3.8) is 0 Å². The van der Waals surface area contributed by atoms with Gasteiger partial charge in [-0.05, 0) is 30.0 Å². The monoisotopic (exact) mass is 212 g/mol. The van der Waals surface area contributed by atoms with Crippen LogP contribution >= 0.6 is 11.6 Å². The lowest BCUT2D eigenvalue weighted by atomic mass is 10.2. The van der Waals surface area contributed by atoms with Gasteiger partial charge in [-0.2, -0.15) is 0 Å². The highest BCUT2D eigenvalue weighted by atomic mass is 35.5. The average Bonchev–Trinajstić information content (AvgIpc) is 2.15. The number of hydrogen-bond donors (Lipinski definition) is 0. The Kier molecular flexibility index (Phi) is 4.27. The Morgan fingerprint density at radius 2 is 2.07 bits per heavy atom. The molecule has 0 radical (unpaired) electrons. The Balaban J connectivity index is 2.69. The first-order valence-corrected chi connectivity index (χ1v) is 5.42. The quantitative estimate of drug-likeness (QED) is 0.735. The molecule has 1 aromatic rings. The molecule has 1 rings (SSSR count). The van der Waals surface area contributed by atoms with Gasteiger partial charge in [0.15, 0.2) is 0 Å². The summed E-state index contributed by atoms with van der Waals surface area (Å²) < 4.78 is 5.57. The Morgan fingerprint density at radius 1 is 1.36 bits per heavy atom. The third-order valence-corrected chi connectivity index (χ3v) is 2.27. The van der Waals surface area contributed by atoms with E-state index in [-0.39, 0.29) is 0 Å². The van der Waals surface area contributed by atoms with Crippen LogP contribution in [0.5, 0.6) is 5.75 Å². The van der Waals surface area contributed by atoms with Gasteiger partial charge in [0, 0.05) is 0 Å². The van der Waals surface area contributed by atoms with E-state index in [1.807, 2.05) is 12.1 Å². The van der Waals surface area contributed by atoms with E-state index in [0.29, 0.717) is 17.5 Å². The molecule has 1 aromatic carbocycles. The third-order valence-electron chi connectivity index (χ3n) is 1.98. The van der Waals surface area contributed by atoms with Gasteiger partial charge in [0.05, 0.1) is 11.6 Å². The summed E-state index contributed by atoms with van der Waals surface area (Å²) in [7, 11) is 0.